The van der Waals surface area contributed by atoms with Crippen LogP contribution in [0.4, 0.5) is 11.5 Å². The monoisotopic (exact) mass is 296 g/mol. The van der Waals surface area contributed by atoms with Crippen molar-refractivity contribution in [3.05, 3.63) is 51.6 Å². The van der Waals surface area contributed by atoms with Crippen molar-refractivity contribution in [2.75, 3.05) is 5.32 Å². The number of anilines is 2. The number of nitrogens with zero attached hydrogens (tertiary/aromatic N) is 1. The molecule has 0 aliphatic heterocycles. The lowest BCUT2D eigenvalue weighted by molar-refractivity contribution is 0.0697. The molecule has 0 spiro atoms. The quantitative estimate of drug-likeness (QED) is 0.836. The number of carboxylic acid groups (broad SMARTS) is 1. The van der Waals surface area contributed by atoms with Crippen LogP contribution in [-0.2, 0) is 0 Å². The first-order valence-electron chi connectivity index (χ1n) is 5.40. The molecule has 6 heteroatoms. The zero-order valence-electron chi connectivity index (χ0n) is 9.95. The minimum absolute atomic E-state index is 0.0544. The highest BCUT2D eigenvalue weighted by atomic mass is 35.5. The number of pyridine rings is 1. The lowest BCUT2D eigenvalue weighted by Gasteiger charge is -2.11. The molecule has 98 valence electrons. The fourth-order valence-electron chi connectivity index (χ4n) is 1.60. The van der Waals surface area contributed by atoms with E-state index in [1.54, 1.807) is 18.2 Å². The van der Waals surface area contributed by atoms with Gasteiger partial charge in [0.25, 0.3) is 0 Å². The van der Waals surface area contributed by atoms with Crippen molar-refractivity contribution in [2.24, 2.45) is 0 Å². The molecule has 1 aromatic heterocycles. The third-order valence-corrected chi connectivity index (χ3v) is 2.98. The second-order valence-corrected chi connectivity index (χ2v) is 4.74. The molecule has 4 nitrogen and oxygen atoms in total. The highest BCUT2D eigenvalue weighted by Crippen LogP contribution is 2.25. The molecular weight excluding hydrogens is 287 g/mol. The minimum Gasteiger partial charge on any atom is -0.478 e. The summed E-state index contributed by atoms with van der Waals surface area (Å²) in [7, 11) is 0. The van der Waals surface area contributed by atoms with E-state index in [0.29, 0.717) is 5.02 Å². The van der Waals surface area contributed by atoms with Gasteiger partial charge in [0.2, 0.25) is 0 Å². The zero-order chi connectivity index (χ0) is 14.0. The third kappa shape index (κ3) is 3.16. The van der Waals surface area contributed by atoms with Crippen molar-refractivity contribution in [2.45, 2.75) is 6.92 Å². The van der Waals surface area contributed by atoms with Crippen molar-refractivity contribution in [1.29, 1.82) is 0 Å². The van der Waals surface area contributed by atoms with Gasteiger partial charge < -0.3 is 10.4 Å². The Hall–Kier alpha value is -1.78. The predicted octanol–water partition coefficient (Wildman–Crippen LogP) is 4.14. The first-order valence-corrected chi connectivity index (χ1v) is 6.16. The number of hydrogen-bond acceptors (Lipinski definition) is 3. The van der Waals surface area contributed by atoms with Gasteiger partial charge in [-0.05, 0) is 42.8 Å². The number of hydrogen-bond donors (Lipinski definition) is 2. The van der Waals surface area contributed by atoms with E-state index < -0.39 is 5.97 Å². The maximum atomic E-state index is 11.1. The Kier molecular flexibility index (Phi) is 3.93. The summed E-state index contributed by atoms with van der Waals surface area (Å²) in [5.74, 6) is -0.872. The van der Waals surface area contributed by atoms with Crippen LogP contribution in [-0.4, -0.2) is 16.1 Å². The molecular formula is C13H10Cl2N2O2. The predicted molar refractivity (Wildman–Crippen MR) is 75.7 cm³/mol. The van der Waals surface area contributed by atoms with Crippen LogP contribution in [0.2, 0.25) is 10.2 Å². The van der Waals surface area contributed by atoms with Gasteiger partial charge in [-0.1, -0.05) is 23.2 Å². The number of aryl methyl sites for hydroxylation is 1. The summed E-state index contributed by atoms with van der Waals surface area (Å²) in [4.78, 5) is 15.1. The smallest absolute Gasteiger partial charge is 0.339 e. The molecule has 2 N–H and O–H groups in total. The Morgan fingerprint density at radius 3 is 2.63 bits per heavy atom. The van der Waals surface area contributed by atoms with Gasteiger partial charge in [-0.15, -0.1) is 0 Å². The first-order chi connectivity index (χ1) is 8.97. The fourth-order valence-corrected chi connectivity index (χ4v) is 1.97. The largest absolute Gasteiger partial charge is 0.478 e. The topological polar surface area (TPSA) is 62.2 Å². The van der Waals surface area contributed by atoms with E-state index in [2.05, 4.69) is 10.3 Å². The zero-order valence-corrected chi connectivity index (χ0v) is 11.5. The van der Waals surface area contributed by atoms with Crippen molar-refractivity contribution in [3.8, 4) is 0 Å². The Balaban J connectivity index is 2.42. The van der Waals surface area contributed by atoms with Crippen LogP contribution >= 0.6 is 23.2 Å². The number of aromatic nitrogens is 1. The molecule has 0 saturated carbocycles. The van der Waals surface area contributed by atoms with E-state index in [9.17, 15) is 4.79 Å². The van der Waals surface area contributed by atoms with Gasteiger partial charge in [-0.3, -0.25) is 0 Å². The SMILES string of the molecule is Cc1cc(Cl)ccc1Nc1nc(Cl)ccc1C(=O)O. The molecule has 2 aromatic rings. The van der Waals surface area contributed by atoms with E-state index in [1.807, 2.05) is 6.92 Å². The van der Waals surface area contributed by atoms with Crippen LogP contribution in [0.3, 0.4) is 0 Å². The Morgan fingerprint density at radius 1 is 1.26 bits per heavy atom. The van der Waals surface area contributed by atoms with Crippen molar-refractivity contribution in [3.63, 3.8) is 0 Å². The number of benzene rings is 1. The standard InChI is InChI=1S/C13H10Cl2N2O2/c1-7-6-8(14)2-4-10(7)16-12-9(13(18)19)3-5-11(15)17-12/h2-6H,1H3,(H,16,17)(H,18,19). The van der Waals surface area contributed by atoms with Crippen molar-refractivity contribution in [1.82, 2.24) is 4.98 Å². The molecule has 0 saturated heterocycles. The minimum atomic E-state index is -1.07. The van der Waals surface area contributed by atoms with E-state index in [1.165, 1.54) is 12.1 Å². The van der Waals surface area contributed by atoms with Crippen LogP contribution in [0, 0.1) is 6.92 Å². The fraction of sp³-hybridized carbons (Fsp3) is 0.0769. The van der Waals surface area contributed by atoms with Gasteiger partial charge >= 0.3 is 5.97 Å². The highest BCUT2D eigenvalue weighted by molar-refractivity contribution is 6.30. The van der Waals surface area contributed by atoms with Gasteiger partial charge in [0.05, 0.1) is 0 Å². The maximum Gasteiger partial charge on any atom is 0.339 e. The Labute approximate surface area is 120 Å². The number of rotatable bonds is 3. The normalized spacial score (nSPS) is 10.3. The Bertz CT molecular complexity index is 645. The average molecular weight is 297 g/mol. The van der Waals surface area contributed by atoms with Gasteiger partial charge in [-0.2, -0.15) is 0 Å². The summed E-state index contributed by atoms with van der Waals surface area (Å²) in [6, 6.07) is 8.08. The van der Waals surface area contributed by atoms with Crippen LogP contribution in [0.15, 0.2) is 30.3 Å². The molecule has 0 radical (unpaired) electrons. The van der Waals surface area contributed by atoms with Crippen molar-refractivity contribution < 1.29 is 9.90 Å². The molecule has 19 heavy (non-hydrogen) atoms. The van der Waals surface area contributed by atoms with Crippen LogP contribution < -0.4 is 5.32 Å². The van der Waals surface area contributed by atoms with Crippen molar-refractivity contribution >= 4 is 40.7 Å². The summed E-state index contributed by atoms with van der Waals surface area (Å²) >= 11 is 11.7. The van der Waals surface area contributed by atoms with Crippen LogP contribution in [0.5, 0.6) is 0 Å². The lowest BCUT2D eigenvalue weighted by Crippen LogP contribution is -2.05. The van der Waals surface area contributed by atoms with Crippen LogP contribution in [0.25, 0.3) is 0 Å². The van der Waals surface area contributed by atoms with Gasteiger partial charge in [-0.25, -0.2) is 9.78 Å². The molecule has 0 amide bonds. The van der Waals surface area contributed by atoms with Gasteiger partial charge in [0.15, 0.2) is 0 Å². The molecule has 0 aliphatic carbocycles. The second-order valence-electron chi connectivity index (χ2n) is 3.92. The molecule has 0 fully saturated rings. The summed E-state index contributed by atoms with van der Waals surface area (Å²) in [5.41, 5.74) is 1.66. The number of aromatic carboxylic acids is 1. The number of carboxylic acids is 1. The second kappa shape index (κ2) is 5.47. The molecule has 0 bridgehead atoms. The third-order valence-electron chi connectivity index (χ3n) is 2.53. The molecule has 0 atom stereocenters. The summed E-state index contributed by atoms with van der Waals surface area (Å²) in [6.07, 6.45) is 0. The van der Waals surface area contributed by atoms with E-state index in [-0.39, 0.29) is 16.5 Å². The number of halogens is 2. The number of nitrogens with one attached hydrogen (secondary N) is 1. The molecule has 2 rings (SSSR count). The molecule has 1 aromatic carbocycles. The average Bonchev–Trinajstić information content (AvgIpc) is 2.32. The van der Waals surface area contributed by atoms with E-state index >= 15 is 0 Å². The molecule has 0 aliphatic rings. The summed E-state index contributed by atoms with van der Waals surface area (Å²) < 4.78 is 0. The number of carbonyl (C=O) groups is 1. The van der Waals surface area contributed by atoms with E-state index in [0.717, 1.165) is 11.3 Å². The first kappa shape index (κ1) is 13.6. The Morgan fingerprint density at radius 2 is 2.00 bits per heavy atom. The lowest BCUT2D eigenvalue weighted by atomic mass is 10.2. The summed E-state index contributed by atoms with van der Waals surface area (Å²) in [5, 5.41) is 12.9. The van der Waals surface area contributed by atoms with Gasteiger partial charge in [0, 0.05) is 10.7 Å². The molecule has 1 heterocycles. The van der Waals surface area contributed by atoms with Crippen LogP contribution in [0.1, 0.15) is 15.9 Å². The van der Waals surface area contributed by atoms with Gasteiger partial charge in [0.1, 0.15) is 16.5 Å². The van der Waals surface area contributed by atoms with E-state index in [4.69, 9.17) is 28.3 Å². The highest BCUT2D eigenvalue weighted by Gasteiger charge is 2.13. The maximum absolute atomic E-state index is 11.1. The molecule has 0 unspecified atom stereocenters. The summed E-state index contributed by atoms with van der Waals surface area (Å²) in [6.45, 7) is 1.86.